The predicted molar refractivity (Wildman–Crippen MR) is 48.0 cm³/mol. The first kappa shape index (κ1) is 9.12. The Balaban J connectivity index is 3.23. The summed E-state index contributed by atoms with van der Waals surface area (Å²) in [5.41, 5.74) is 5.07. The van der Waals surface area contributed by atoms with Crippen LogP contribution in [0.3, 0.4) is 0 Å². The number of nitrogens with two attached hydrogens (primary N) is 1. The molecule has 1 aromatic rings. The Kier molecular flexibility index (Phi) is 2.23. The number of rotatable bonds is 2. The van der Waals surface area contributed by atoms with Crippen LogP contribution >= 0.6 is 0 Å². The van der Waals surface area contributed by atoms with Crippen molar-refractivity contribution in [1.29, 1.82) is 0 Å². The van der Waals surface area contributed by atoms with E-state index in [1.165, 1.54) is 18.2 Å². The molecular formula is C9H9NO3. The van der Waals surface area contributed by atoms with E-state index in [-0.39, 0.29) is 22.6 Å². The van der Waals surface area contributed by atoms with Gasteiger partial charge in [0, 0.05) is 11.1 Å². The summed E-state index contributed by atoms with van der Waals surface area (Å²) in [5.74, 6) is -1.42. The van der Waals surface area contributed by atoms with Gasteiger partial charge in [0.1, 0.15) is 0 Å². The molecule has 4 nitrogen and oxygen atoms in total. The number of carbonyl (C=O) groups is 1. The third-order valence-electron chi connectivity index (χ3n) is 1.64. The average molecular weight is 179 g/mol. The highest BCUT2D eigenvalue weighted by Crippen LogP contribution is 2.32. The van der Waals surface area contributed by atoms with E-state index in [0.29, 0.717) is 0 Å². The van der Waals surface area contributed by atoms with Gasteiger partial charge in [-0.2, -0.15) is 0 Å². The maximum absolute atomic E-state index is 10.7. The minimum absolute atomic E-state index is 0.0339. The Morgan fingerprint density at radius 3 is 2.54 bits per heavy atom. The van der Waals surface area contributed by atoms with Gasteiger partial charge >= 0.3 is 0 Å². The summed E-state index contributed by atoms with van der Waals surface area (Å²) in [6.45, 7) is 3.38. The number of hydrogen-bond acceptors (Lipinski definition) is 3. The largest absolute Gasteiger partial charge is 0.504 e. The molecule has 0 atom stereocenters. The first-order valence-corrected chi connectivity index (χ1v) is 3.54. The smallest absolute Gasteiger partial charge is 0.248 e. The van der Waals surface area contributed by atoms with Gasteiger partial charge in [-0.25, -0.2) is 0 Å². The van der Waals surface area contributed by atoms with Crippen molar-refractivity contribution in [2.45, 2.75) is 0 Å². The fourth-order valence-electron chi connectivity index (χ4n) is 0.908. The summed E-state index contributed by atoms with van der Waals surface area (Å²) in [4.78, 5) is 10.7. The molecule has 13 heavy (non-hydrogen) atoms. The van der Waals surface area contributed by atoms with E-state index >= 15 is 0 Å². The summed E-state index contributed by atoms with van der Waals surface area (Å²) >= 11 is 0. The second-order valence-electron chi connectivity index (χ2n) is 2.52. The van der Waals surface area contributed by atoms with Crippen molar-refractivity contribution in [2.75, 3.05) is 0 Å². The molecule has 0 fully saturated rings. The van der Waals surface area contributed by atoms with Crippen LogP contribution in [0.5, 0.6) is 11.5 Å². The van der Waals surface area contributed by atoms with Crippen molar-refractivity contribution < 1.29 is 15.0 Å². The molecule has 0 spiro atoms. The fraction of sp³-hybridized carbons (Fsp3) is 0. The van der Waals surface area contributed by atoms with Gasteiger partial charge < -0.3 is 15.9 Å². The van der Waals surface area contributed by atoms with Gasteiger partial charge in [0.15, 0.2) is 11.5 Å². The second-order valence-corrected chi connectivity index (χ2v) is 2.52. The van der Waals surface area contributed by atoms with Crippen LogP contribution in [0, 0.1) is 0 Å². The van der Waals surface area contributed by atoms with Crippen molar-refractivity contribution in [3.63, 3.8) is 0 Å². The molecule has 4 heteroatoms. The first-order valence-electron chi connectivity index (χ1n) is 3.54. The van der Waals surface area contributed by atoms with Crippen LogP contribution < -0.4 is 5.73 Å². The molecule has 1 rings (SSSR count). The van der Waals surface area contributed by atoms with Crippen molar-refractivity contribution in [2.24, 2.45) is 5.73 Å². The summed E-state index contributed by atoms with van der Waals surface area (Å²) in [6, 6.07) is 4.23. The van der Waals surface area contributed by atoms with Crippen LogP contribution in [0.4, 0.5) is 0 Å². The molecule has 0 saturated carbocycles. The Morgan fingerprint density at radius 1 is 1.38 bits per heavy atom. The van der Waals surface area contributed by atoms with Gasteiger partial charge in [0.05, 0.1) is 0 Å². The summed E-state index contributed by atoms with van der Waals surface area (Å²) < 4.78 is 0. The molecule has 0 aliphatic rings. The van der Waals surface area contributed by atoms with Crippen LogP contribution in [-0.4, -0.2) is 16.1 Å². The highest BCUT2D eigenvalue weighted by Gasteiger charge is 2.12. The molecule has 0 unspecified atom stereocenters. The molecule has 68 valence electrons. The molecular weight excluding hydrogens is 170 g/mol. The van der Waals surface area contributed by atoms with E-state index in [1.807, 2.05) is 0 Å². The number of amides is 1. The Bertz CT molecular complexity index is 371. The highest BCUT2D eigenvalue weighted by molar-refractivity contribution is 6.18. The summed E-state index contributed by atoms with van der Waals surface area (Å²) in [6.07, 6.45) is 0. The molecule has 0 bridgehead atoms. The van der Waals surface area contributed by atoms with Gasteiger partial charge in [-0.1, -0.05) is 18.7 Å². The third-order valence-corrected chi connectivity index (χ3v) is 1.64. The second kappa shape index (κ2) is 3.18. The zero-order chi connectivity index (χ0) is 10.0. The lowest BCUT2D eigenvalue weighted by Gasteiger charge is -2.05. The van der Waals surface area contributed by atoms with E-state index in [0.717, 1.165) is 0 Å². The molecule has 4 N–H and O–H groups in total. The van der Waals surface area contributed by atoms with Gasteiger partial charge in [0.25, 0.3) is 0 Å². The van der Waals surface area contributed by atoms with E-state index < -0.39 is 5.91 Å². The fourth-order valence-corrected chi connectivity index (χ4v) is 0.908. The van der Waals surface area contributed by atoms with Gasteiger partial charge in [-0.15, -0.1) is 0 Å². The highest BCUT2D eigenvalue weighted by atomic mass is 16.3. The lowest BCUT2D eigenvalue weighted by Crippen LogP contribution is -2.11. The van der Waals surface area contributed by atoms with E-state index in [4.69, 9.17) is 10.8 Å². The van der Waals surface area contributed by atoms with Crippen molar-refractivity contribution in [3.8, 4) is 11.5 Å². The number of phenolic OH excluding ortho intramolecular Hbond substituents is 2. The first-order chi connectivity index (χ1) is 6.04. The maximum Gasteiger partial charge on any atom is 0.248 e. The van der Waals surface area contributed by atoms with Gasteiger partial charge in [-0.3, -0.25) is 4.79 Å². The van der Waals surface area contributed by atoms with Crippen LogP contribution in [-0.2, 0) is 4.79 Å². The van der Waals surface area contributed by atoms with Crippen LogP contribution in [0.2, 0.25) is 0 Å². The number of para-hydroxylation sites is 1. The maximum atomic E-state index is 10.7. The topological polar surface area (TPSA) is 83.6 Å². The monoisotopic (exact) mass is 179 g/mol. The van der Waals surface area contributed by atoms with E-state index in [2.05, 4.69) is 6.58 Å². The van der Waals surface area contributed by atoms with E-state index in [9.17, 15) is 9.90 Å². The lowest BCUT2D eigenvalue weighted by atomic mass is 10.1. The molecule has 0 aliphatic heterocycles. The zero-order valence-corrected chi connectivity index (χ0v) is 6.82. The minimum atomic E-state index is -0.735. The number of carbonyl (C=O) groups excluding carboxylic acids is 1. The molecule has 0 aliphatic carbocycles. The standard InChI is InChI=1S/C9H9NO3/c1-5(9(10)13)6-3-2-4-7(11)8(6)12/h2-4,11-12H,1H2,(H2,10,13). The number of aromatic hydroxyl groups is 2. The number of phenols is 2. The normalized spacial score (nSPS) is 9.54. The minimum Gasteiger partial charge on any atom is -0.504 e. The lowest BCUT2D eigenvalue weighted by molar-refractivity contribution is -0.112. The number of primary amides is 1. The van der Waals surface area contributed by atoms with Crippen LogP contribution in [0.25, 0.3) is 5.57 Å². The Labute approximate surface area is 74.9 Å². The van der Waals surface area contributed by atoms with Crippen LogP contribution in [0.15, 0.2) is 24.8 Å². The molecule has 0 heterocycles. The van der Waals surface area contributed by atoms with Crippen molar-refractivity contribution in [1.82, 2.24) is 0 Å². The SMILES string of the molecule is C=C(C(N)=O)c1cccc(O)c1O. The molecule has 1 aromatic carbocycles. The zero-order valence-electron chi connectivity index (χ0n) is 6.82. The van der Waals surface area contributed by atoms with Gasteiger partial charge in [-0.05, 0) is 6.07 Å². The van der Waals surface area contributed by atoms with Crippen molar-refractivity contribution >= 4 is 11.5 Å². The molecule has 1 amide bonds. The predicted octanol–water partition coefficient (Wildman–Crippen LogP) is 0.596. The summed E-state index contributed by atoms with van der Waals surface area (Å²) in [7, 11) is 0. The summed E-state index contributed by atoms with van der Waals surface area (Å²) in [5, 5.41) is 18.4. The third kappa shape index (κ3) is 1.61. The number of hydrogen-bond donors (Lipinski definition) is 3. The Morgan fingerprint density at radius 2 is 2.00 bits per heavy atom. The molecule has 0 aromatic heterocycles. The van der Waals surface area contributed by atoms with Gasteiger partial charge in [0.2, 0.25) is 5.91 Å². The quantitative estimate of drug-likeness (QED) is 0.459. The molecule has 0 radical (unpaired) electrons. The van der Waals surface area contributed by atoms with Crippen molar-refractivity contribution in [3.05, 3.63) is 30.3 Å². The Hall–Kier alpha value is -1.97. The molecule has 0 saturated heterocycles. The van der Waals surface area contributed by atoms with E-state index in [1.54, 1.807) is 0 Å². The average Bonchev–Trinajstić information content (AvgIpc) is 2.08. The number of benzene rings is 1. The van der Waals surface area contributed by atoms with Crippen LogP contribution in [0.1, 0.15) is 5.56 Å².